The third kappa shape index (κ3) is 4.07. The summed E-state index contributed by atoms with van der Waals surface area (Å²) in [5, 5.41) is 3.18. The van der Waals surface area contributed by atoms with Gasteiger partial charge in [-0.05, 0) is 36.8 Å². The molecular formula is C20H17FN2O4S. The zero-order valence-electron chi connectivity index (χ0n) is 15.2. The van der Waals surface area contributed by atoms with Crippen molar-refractivity contribution in [2.45, 2.75) is 11.9 Å². The first-order valence-corrected chi connectivity index (χ1v) is 9.31. The summed E-state index contributed by atoms with van der Waals surface area (Å²) < 4.78 is 18.3. The highest BCUT2D eigenvalue weighted by molar-refractivity contribution is 8.00. The van der Waals surface area contributed by atoms with Crippen molar-refractivity contribution in [2.24, 2.45) is 0 Å². The van der Waals surface area contributed by atoms with Gasteiger partial charge in [0, 0.05) is 11.1 Å². The minimum absolute atomic E-state index is 0.0895. The number of pyridine rings is 1. The summed E-state index contributed by atoms with van der Waals surface area (Å²) in [6, 6.07) is 11.1. The quantitative estimate of drug-likeness (QED) is 0.506. The van der Waals surface area contributed by atoms with Crippen LogP contribution < -0.4 is 10.7 Å². The molecule has 0 radical (unpaired) electrons. The van der Waals surface area contributed by atoms with Crippen LogP contribution in [0.5, 0.6) is 0 Å². The van der Waals surface area contributed by atoms with Gasteiger partial charge in [-0.2, -0.15) is 0 Å². The van der Waals surface area contributed by atoms with Crippen LogP contribution in [0.15, 0.2) is 52.3 Å². The first-order valence-electron chi connectivity index (χ1n) is 8.33. The number of fused-ring (bicyclic) bond motifs is 1. The summed E-state index contributed by atoms with van der Waals surface area (Å²) in [6.45, 7) is 1.63. The molecule has 1 amide bonds. The number of anilines is 1. The second kappa shape index (κ2) is 8.26. The zero-order chi connectivity index (χ0) is 20.3. The van der Waals surface area contributed by atoms with E-state index in [-0.39, 0.29) is 16.3 Å². The Balaban J connectivity index is 1.84. The van der Waals surface area contributed by atoms with Gasteiger partial charge < -0.3 is 15.0 Å². The molecule has 8 heteroatoms. The number of aromatic nitrogens is 1. The van der Waals surface area contributed by atoms with E-state index in [1.54, 1.807) is 43.3 Å². The number of ether oxygens (including phenoxy) is 1. The number of amides is 1. The van der Waals surface area contributed by atoms with Crippen LogP contribution in [0, 0.1) is 12.7 Å². The number of rotatable bonds is 5. The molecule has 0 spiro atoms. The number of carbonyl (C=O) groups is 2. The maximum atomic E-state index is 13.6. The number of methoxy groups -OCH3 is 1. The predicted octanol–water partition coefficient (Wildman–Crippen LogP) is 3.49. The van der Waals surface area contributed by atoms with E-state index in [4.69, 9.17) is 4.74 Å². The van der Waals surface area contributed by atoms with E-state index in [9.17, 15) is 18.8 Å². The Hall–Kier alpha value is -3.13. The van der Waals surface area contributed by atoms with Crippen molar-refractivity contribution in [3.05, 3.63) is 69.6 Å². The summed E-state index contributed by atoms with van der Waals surface area (Å²) in [5.41, 5.74) is 0.728. The molecule has 2 N–H and O–H groups in total. The Labute approximate surface area is 164 Å². The van der Waals surface area contributed by atoms with Crippen molar-refractivity contribution in [1.29, 1.82) is 0 Å². The molecule has 28 heavy (non-hydrogen) atoms. The number of H-pyrrole nitrogens is 1. The molecule has 2 aromatic carbocycles. The number of nitrogens with one attached hydrogen (secondary N) is 2. The van der Waals surface area contributed by atoms with Crippen LogP contribution in [0.1, 0.15) is 15.9 Å². The lowest BCUT2D eigenvalue weighted by Gasteiger charge is -2.10. The first kappa shape index (κ1) is 19.6. The zero-order valence-corrected chi connectivity index (χ0v) is 16.0. The number of aryl methyl sites for hydroxylation is 1. The third-order valence-corrected chi connectivity index (χ3v) is 5.07. The lowest BCUT2D eigenvalue weighted by atomic mass is 10.1. The number of benzene rings is 2. The summed E-state index contributed by atoms with van der Waals surface area (Å²) in [6.07, 6.45) is 0. The van der Waals surface area contributed by atoms with Gasteiger partial charge in [-0.25, -0.2) is 9.18 Å². The molecule has 3 rings (SSSR count). The topological polar surface area (TPSA) is 88.3 Å². The highest BCUT2D eigenvalue weighted by Crippen LogP contribution is 2.23. The number of thioether (sulfide) groups is 1. The van der Waals surface area contributed by atoms with Crippen molar-refractivity contribution >= 4 is 40.2 Å². The highest BCUT2D eigenvalue weighted by atomic mass is 32.2. The van der Waals surface area contributed by atoms with Crippen molar-refractivity contribution in [1.82, 2.24) is 4.98 Å². The van der Waals surface area contributed by atoms with Gasteiger partial charge >= 0.3 is 5.97 Å². The molecule has 6 nitrogen and oxygen atoms in total. The summed E-state index contributed by atoms with van der Waals surface area (Å²) in [7, 11) is 1.18. The smallest absolute Gasteiger partial charge is 0.344 e. The van der Waals surface area contributed by atoms with E-state index < -0.39 is 23.1 Å². The summed E-state index contributed by atoms with van der Waals surface area (Å²) in [4.78, 5) is 40.0. The van der Waals surface area contributed by atoms with Crippen LogP contribution in [-0.4, -0.2) is 29.7 Å². The van der Waals surface area contributed by atoms with Crippen LogP contribution in [0.4, 0.5) is 10.1 Å². The Morgan fingerprint density at radius 1 is 1.21 bits per heavy atom. The molecule has 1 heterocycles. The Bertz CT molecular complexity index is 1130. The molecule has 1 aromatic heterocycles. The van der Waals surface area contributed by atoms with Crippen LogP contribution in [-0.2, 0) is 9.53 Å². The molecule has 0 atom stereocenters. The van der Waals surface area contributed by atoms with Crippen LogP contribution >= 0.6 is 11.8 Å². The monoisotopic (exact) mass is 400 g/mol. The molecule has 0 saturated heterocycles. The average molecular weight is 400 g/mol. The van der Waals surface area contributed by atoms with Crippen LogP contribution in [0.2, 0.25) is 0 Å². The van der Waals surface area contributed by atoms with E-state index in [0.717, 1.165) is 11.8 Å². The lowest BCUT2D eigenvalue weighted by molar-refractivity contribution is -0.113. The first-order chi connectivity index (χ1) is 13.4. The molecule has 3 aromatic rings. The molecule has 144 valence electrons. The van der Waals surface area contributed by atoms with E-state index in [2.05, 4.69) is 10.3 Å². The van der Waals surface area contributed by atoms with Crippen LogP contribution in [0.3, 0.4) is 0 Å². The van der Waals surface area contributed by atoms with Crippen molar-refractivity contribution in [3.8, 4) is 0 Å². The summed E-state index contributed by atoms with van der Waals surface area (Å²) in [5.74, 6) is -1.70. The number of hydrogen-bond donors (Lipinski definition) is 2. The van der Waals surface area contributed by atoms with Gasteiger partial charge in [0.2, 0.25) is 11.3 Å². The maximum absolute atomic E-state index is 13.6. The van der Waals surface area contributed by atoms with Gasteiger partial charge in [0.1, 0.15) is 11.4 Å². The number of carbonyl (C=O) groups excluding carboxylic acids is 2. The minimum atomic E-state index is -0.782. The van der Waals surface area contributed by atoms with E-state index >= 15 is 0 Å². The number of hydrogen-bond acceptors (Lipinski definition) is 5. The van der Waals surface area contributed by atoms with Gasteiger partial charge in [-0.3, -0.25) is 9.59 Å². The van der Waals surface area contributed by atoms with E-state index in [1.807, 2.05) is 0 Å². The molecular weight excluding hydrogens is 383 g/mol. The lowest BCUT2D eigenvalue weighted by Crippen LogP contribution is -2.20. The Morgan fingerprint density at radius 3 is 2.68 bits per heavy atom. The third-order valence-electron chi connectivity index (χ3n) is 4.07. The molecule has 0 unspecified atom stereocenters. The van der Waals surface area contributed by atoms with Gasteiger partial charge in [-0.15, -0.1) is 0 Å². The number of esters is 1. The van der Waals surface area contributed by atoms with Crippen molar-refractivity contribution in [2.75, 3.05) is 18.2 Å². The second-order valence-corrected chi connectivity index (χ2v) is 6.98. The molecule has 0 bridgehead atoms. The molecule has 0 aliphatic rings. The van der Waals surface area contributed by atoms with Gasteiger partial charge in [0.05, 0.1) is 23.4 Å². The Kier molecular flexibility index (Phi) is 5.79. The van der Waals surface area contributed by atoms with Crippen LogP contribution in [0.25, 0.3) is 10.9 Å². The standard InChI is InChI=1S/C20H17FN2O4S/c1-11-7-8-12(9-14(11)21)22-16(24)10-28-19-17(20(26)27-2)18(25)13-5-3-4-6-15(13)23-19/h3-9H,10H2,1-2H3,(H,22,24)(H,23,25). The van der Waals surface area contributed by atoms with Gasteiger partial charge in [0.15, 0.2) is 0 Å². The average Bonchev–Trinajstić information content (AvgIpc) is 2.69. The maximum Gasteiger partial charge on any atom is 0.344 e. The fraction of sp³-hybridized carbons (Fsp3) is 0.150. The minimum Gasteiger partial charge on any atom is -0.465 e. The van der Waals surface area contributed by atoms with E-state index in [0.29, 0.717) is 22.2 Å². The highest BCUT2D eigenvalue weighted by Gasteiger charge is 2.20. The van der Waals surface area contributed by atoms with E-state index in [1.165, 1.54) is 13.2 Å². The largest absolute Gasteiger partial charge is 0.465 e. The normalized spacial score (nSPS) is 10.7. The fourth-order valence-electron chi connectivity index (χ4n) is 2.61. The summed E-state index contributed by atoms with van der Waals surface area (Å²) >= 11 is 0.992. The number of aromatic amines is 1. The van der Waals surface area contributed by atoms with Gasteiger partial charge in [-0.1, -0.05) is 30.0 Å². The Morgan fingerprint density at radius 2 is 1.96 bits per heavy atom. The number of para-hydroxylation sites is 1. The fourth-order valence-corrected chi connectivity index (χ4v) is 3.46. The molecule has 0 saturated carbocycles. The second-order valence-electron chi connectivity index (χ2n) is 6.00. The predicted molar refractivity (Wildman–Crippen MR) is 106 cm³/mol. The van der Waals surface area contributed by atoms with Crippen molar-refractivity contribution in [3.63, 3.8) is 0 Å². The van der Waals surface area contributed by atoms with Gasteiger partial charge in [0.25, 0.3) is 0 Å². The molecule has 0 fully saturated rings. The SMILES string of the molecule is COC(=O)c1c(SCC(=O)Nc2ccc(C)c(F)c2)[nH]c2ccccc2c1=O. The number of halogens is 1. The molecule has 0 aliphatic heterocycles. The van der Waals surface area contributed by atoms with Crippen molar-refractivity contribution < 1.29 is 18.7 Å². The molecule has 0 aliphatic carbocycles.